The number of pyridine rings is 1. The van der Waals surface area contributed by atoms with Gasteiger partial charge in [0.25, 0.3) is 5.91 Å². The van der Waals surface area contributed by atoms with E-state index in [1.807, 2.05) is 28.8 Å². The van der Waals surface area contributed by atoms with Crippen molar-refractivity contribution in [1.82, 2.24) is 24.9 Å². The van der Waals surface area contributed by atoms with Crippen molar-refractivity contribution in [2.75, 3.05) is 45.9 Å². The van der Waals surface area contributed by atoms with Crippen LogP contribution in [0.4, 0.5) is 0 Å². The maximum absolute atomic E-state index is 13.3. The zero-order valence-corrected chi connectivity index (χ0v) is 20.1. The molecule has 0 radical (unpaired) electrons. The Morgan fingerprint density at radius 3 is 2.97 bits per heavy atom. The molecular formula is C27H37N5O2. The summed E-state index contributed by atoms with van der Waals surface area (Å²) in [5.74, 6) is 2.90. The van der Waals surface area contributed by atoms with Crippen LogP contribution in [0.5, 0.6) is 0 Å². The Balaban J connectivity index is 0.985. The van der Waals surface area contributed by atoms with Crippen LogP contribution in [0, 0.1) is 28.6 Å². The number of carbonyl (C=O) groups excluding carboxylic acids is 1. The van der Waals surface area contributed by atoms with Gasteiger partial charge in [0, 0.05) is 45.5 Å². The third kappa shape index (κ3) is 3.42. The average Bonchev–Trinajstić information content (AvgIpc) is 3.41. The first kappa shape index (κ1) is 21.3. The molecule has 1 aliphatic heterocycles. The van der Waals surface area contributed by atoms with Gasteiger partial charge in [0.2, 0.25) is 0 Å². The summed E-state index contributed by atoms with van der Waals surface area (Å²) in [4.78, 5) is 20.5. The second kappa shape index (κ2) is 8.04. The monoisotopic (exact) mass is 463 g/mol. The van der Waals surface area contributed by atoms with Crippen molar-refractivity contribution in [2.24, 2.45) is 28.6 Å². The van der Waals surface area contributed by atoms with Gasteiger partial charge in [-0.15, -0.1) is 0 Å². The number of morpholine rings is 1. The largest absolute Gasteiger partial charge is 0.379 e. The van der Waals surface area contributed by atoms with E-state index >= 15 is 0 Å². The van der Waals surface area contributed by atoms with E-state index in [1.165, 1.54) is 38.5 Å². The van der Waals surface area contributed by atoms with Crippen molar-refractivity contribution in [2.45, 2.75) is 45.1 Å². The van der Waals surface area contributed by atoms with Gasteiger partial charge in [0.1, 0.15) is 11.3 Å². The minimum atomic E-state index is 0.0374. The van der Waals surface area contributed by atoms with E-state index in [1.54, 1.807) is 0 Å². The minimum absolute atomic E-state index is 0.0374. The molecule has 5 unspecified atom stereocenters. The molecule has 7 rings (SSSR count). The summed E-state index contributed by atoms with van der Waals surface area (Å²) in [7, 11) is 0. The molecule has 7 nitrogen and oxygen atoms in total. The van der Waals surface area contributed by atoms with Gasteiger partial charge in [-0.05, 0) is 79.2 Å². The smallest absolute Gasteiger partial charge is 0.268 e. The van der Waals surface area contributed by atoms with Crippen LogP contribution in [0.1, 0.15) is 54.7 Å². The highest BCUT2D eigenvalue weighted by Gasteiger charge is 2.70. The molecule has 2 aromatic heterocycles. The highest BCUT2D eigenvalue weighted by Crippen LogP contribution is 2.78. The van der Waals surface area contributed by atoms with Crippen LogP contribution in [-0.4, -0.2) is 66.1 Å². The molecule has 3 bridgehead atoms. The van der Waals surface area contributed by atoms with Crippen molar-refractivity contribution in [3.8, 4) is 0 Å². The molecule has 1 saturated heterocycles. The molecule has 3 heterocycles. The quantitative estimate of drug-likeness (QED) is 0.589. The Morgan fingerprint density at radius 2 is 2.06 bits per heavy atom. The van der Waals surface area contributed by atoms with E-state index in [9.17, 15) is 4.79 Å². The van der Waals surface area contributed by atoms with Crippen LogP contribution in [-0.2, 0) is 11.3 Å². The first-order chi connectivity index (χ1) is 16.6. The summed E-state index contributed by atoms with van der Waals surface area (Å²) < 4.78 is 7.38. The van der Waals surface area contributed by atoms with E-state index in [0.29, 0.717) is 23.1 Å². The van der Waals surface area contributed by atoms with Gasteiger partial charge in [-0.25, -0.2) is 4.98 Å². The van der Waals surface area contributed by atoms with Crippen molar-refractivity contribution in [3.63, 3.8) is 0 Å². The molecular weight excluding hydrogens is 426 g/mol. The Labute approximate surface area is 201 Å². The molecule has 34 heavy (non-hydrogen) atoms. The van der Waals surface area contributed by atoms with Gasteiger partial charge in [-0.3, -0.25) is 14.1 Å². The van der Waals surface area contributed by atoms with Gasteiger partial charge >= 0.3 is 0 Å². The lowest BCUT2D eigenvalue weighted by Crippen LogP contribution is -2.43. The number of amides is 1. The third-order valence-electron chi connectivity index (χ3n) is 10.0. The number of nitrogens with zero attached hydrogens (tertiary/aromatic N) is 3. The number of carbonyl (C=O) groups is 1. The van der Waals surface area contributed by atoms with Crippen molar-refractivity contribution < 1.29 is 9.53 Å². The fourth-order valence-corrected chi connectivity index (χ4v) is 8.71. The Kier molecular flexibility index (Phi) is 5.04. The number of hydrogen-bond donors (Lipinski definition) is 2. The van der Waals surface area contributed by atoms with Gasteiger partial charge in [0.15, 0.2) is 0 Å². The summed E-state index contributed by atoms with van der Waals surface area (Å²) in [6.07, 6.45) is 10.5. The number of aromatic nitrogens is 2. The van der Waals surface area contributed by atoms with Crippen LogP contribution in [0.2, 0.25) is 0 Å². The molecule has 182 valence electrons. The molecule has 1 amide bonds. The Morgan fingerprint density at radius 1 is 1.15 bits per heavy atom. The number of nitrogens with one attached hydrogen (secondary N) is 2. The molecule has 4 aliphatic carbocycles. The van der Waals surface area contributed by atoms with Gasteiger partial charge < -0.3 is 15.4 Å². The number of hydrogen-bond acceptors (Lipinski definition) is 5. The lowest BCUT2D eigenvalue weighted by molar-refractivity contribution is -0.00254. The molecule has 5 fully saturated rings. The summed E-state index contributed by atoms with van der Waals surface area (Å²) in [6, 6.07) is 5.86. The topological polar surface area (TPSA) is 70.9 Å². The first-order valence-electron chi connectivity index (χ1n) is 13.4. The predicted octanol–water partition coefficient (Wildman–Crippen LogP) is 2.70. The average molecular weight is 464 g/mol. The highest BCUT2D eigenvalue weighted by atomic mass is 16.5. The molecule has 5 atom stereocenters. The second-order valence-corrected chi connectivity index (χ2v) is 11.9. The zero-order chi connectivity index (χ0) is 22.8. The van der Waals surface area contributed by atoms with E-state index in [4.69, 9.17) is 9.72 Å². The van der Waals surface area contributed by atoms with Crippen molar-refractivity contribution in [3.05, 3.63) is 35.8 Å². The fraction of sp³-hybridized carbons (Fsp3) is 0.704. The van der Waals surface area contributed by atoms with E-state index in [-0.39, 0.29) is 5.91 Å². The predicted molar refractivity (Wildman–Crippen MR) is 130 cm³/mol. The summed E-state index contributed by atoms with van der Waals surface area (Å²) in [5, 5.41) is 6.87. The number of ether oxygens (including phenoxy) is 1. The zero-order valence-electron chi connectivity index (χ0n) is 20.1. The normalized spacial score (nSPS) is 36.1. The Bertz CT molecular complexity index is 1090. The minimum Gasteiger partial charge on any atom is -0.379 e. The summed E-state index contributed by atoms with van der Waals surface area (Å²) >= 11 is 0. The summed E-state index contributed by atoms with van der Waals surface area (Å²) in [6.45, 7) is 7.19. The van der Waals surface area contributed by atoms with Crippen molar-refractivity contribution in [1.29, 1.82) is 0 Å². The van der Waals surface area contributed by atoms with Gasteiger partial charge in [-0.2, -0.15) is 0 Å². The first-order valence-corrected chi connectivity index (χ1v) is 13.4. The highest BCUT2D eigenvalue weighted by molar-refractivity contribution is 5.93. The molecule has 2 N–H and O–H groups in total. The molecule has 7 heteroatoms. The molecule has 0 aromatic carbocycles. The fourth-order valence-electron chi connectivity index (χ4n) is 8.71. The Hall–Kier alpha value is -1.96. The van der Waals surface area contributed by atoms with Gasteiger partial charge in [-0.1, -0.05) is 6.07 Å². The maximum atomic E-state index is 13.3. The standard InChI is InChI=1S/C27H37N5O2/c33-25(29-18-26-12-19-10-20-11-21(14-26)27(20,13-19)17-26)23-2-1-3-24-30-22(16-32(23)24)15-28-4-5-31-6-8-34-9-7-31/h1-3,16,19-21,28H,4-15,17-18H2,(H,29,33). The number of imidazole rings is 1. The third-order valence-corrected chi connectivity index (χ3v) is 10.0. The lowest BCUT2D eigenvalue weighted by atomic mass is 9.55. The number of fused-ring (bicyclic) bond motifs is 3. The molecule has 1 spiro atoms. The SMILES string of the molecule is O=C(NCC12CC3CC4CC(C1)C4(C3)C2)c1cccc2nc(CNCCN3CCOCC3)cn12. The molecule has 5 aliphatic rings. The lowest BCUT2D eigenvalue weighted by Gasteiger charge is -2.49. The maximum Gasteiger partial charge on any atom is 0.268 e. The van der Waals surface area contributed by atoms with Crippen LogP contribution in [0.25, 0.3) is 5.65 Å². The van der Waals surface area contributed by atoms with Crippen LogP contribution < -0.4 is 10.6 Å². The molecule has 2 aromatic rings. The van der Waals surface area contributed by atoms with Crippen LogP contribution in [0.3, 0.4) is 0 Å². The van der Waals surface area contributed by atoms with Crippen LogP contribution in [0.15, 0.2) is 24.4 Å². The molecule has 4 saturated carbocycles. The van der Waals surface area contributed by atoms with E-state index in [0.717, 1.165) is 75.0 Å². The second-order valence-electron chi connectivity index (χ2n) is 11.9. The van der Waals surface area contributed by atoms with Crippen LogP contribution >= 0.6 is 0 Å². The summed E-state index contributed by atoms with van der Waals surface area (Å²) in [5.41, 5.74) is 3.53. The van der Waals surface area contributed by atoms with E-state index < -0.39 is 0 Å². The van der Waals surface area contributed by atoms with E-state index in [2.05, 4.69) is 15.5 Å². The van der Waals surface area contributed by atoms with Crippen molar-refractivity contribution >= 4 is 11.6 Å². The number of rotatable bonds is 8. The van der Waals surface area contributed by atoms with Gasteiger partial charge in [0.05, 0.1) is 18.9 Å².